The smallest absolute Gasteiger partial charge is 0.306 e. The first-order chi connectivity index (χ1) is 13.9. The van der Waals surface area contributed by atoms with Gasteiger partial charge in [-0.05, 0) is 49.2 Å². The van der Waals surface area contributed by atoms with E-state index in [1.54, 1.807) is 38.5 Å². The molecule has 0 bridgehead atoms. The van der Waals surface area contributed by atoms with E-state index in [4.69, 9.17) is 30.5 Å². The molecule has 2 rings (SSSR count). The Morgan fingerprint density at radius 1 is 1.00 bits per heavy atom. The first-order valence-electron chi connectivity index (χ1n) is 8.92. The third kappa shape index (κ3) is 6.57. The highest BCUT2D eigenvalue weighted by Crippen LogP contribution is 2.28. The predicted octanol–water partition coefficient (Wildman–Crippen LogP) is 3.87. The first kappa shape index (κ1) is 22.4. The van der Waals surface area contributed by atoms with E-state index in [2.05, 4.69) is 5.32 Å². The summed E-state index contributed by atoms with van der Waals surface area (Å²) in [4.78, 5) is 24.5. The van der Waals surface area contributed by atoms with Crippen LogP contribution in [0, 0.1) is 0 Å². The van der Waals surface area contributed by atoms with Gasteiger partial charge in [0.1, 0.15) is 17.2 Å². The topological polar surface area (TPSA) is 83.1 Å². The Bertz CT molecular complexity index is 848. The molecular formula is C21H24ClNO6. The lowest BCUT2D eigenvalue weighted by Crippen LogP contribution is -2.30. The van der Waals surface area contributed by atoms with Crippen molar-refractivity contribution < 1.29 is 28.5 Å². The third-order valence-corrected chi connectivity index (χ3v) is 4.36. The van der Waals surface area contributed by atoms with Gasteiger partial charge in [-0.2, -0.15) is 0 Å². The normalized spacial score (nSPS) is 11.3. The molecule has 0 spiro atoms. The van der Waals surface area contributed by atoms with Crippen molar-refractivity contribution in [3.8, 4) is 17.2 Å². The van der Waals surface area contributed by atoms with E-state index < -0.39 is 18.0 Å². The van der Waals surface area contributed by atoms with Gasteiger partial charge in [-0.1, -0.05) is 11.6 Å². The molecule has 0 aliphatic rings. The lowest BCUT2D eigenvalue weighted by molar-refractivity contribution is -0.153. The molecule has 0 fully saturated rings. The summed E-state index contributed by atoms with van der Waals surface area (Å²) in [6, 6.07) is 10.2. The Morgan fingerprint density at radius 2 is 1.66 bits per heavy atom. The Balaban J connectivity index is 1.92. The fourth-order valence-electron chi connectivity index (χ4n) is 2.58. The third-order valence-electron chi connectivity index (χ3n) is 4.13. The Labute approximate surface area is 174 Å². The number of aryl methyl sites for hydroxylation is 1. The SMILES string of the molecule is COc1cc(CCC(=O)OC(C)C(=O)Nc2cc(Cl)ccc2OC)cc(OC)c1. The number of benzene rings is 2. The average Bonchev–Trinajstić information content (AvgIpc) is 2.72. The van der Waals surface area contributed by atoms with Gasteiger partial charge in [0.25, 0.3) is 5.91 Å². The molecule has 7 nitrogen and oxygen atoms in total. The number of nitrogens with one attached hydrogen (secondary N) is 1. The molecule has 1 unspecified atom stereocenters. The molecule has 0 radical (unpaired) electrons. The maximum atomic E-state index is 12.3. The van der Waals surface area contributed by atoms with Gasteiger partial charge in [0.2, 0.25) is 0 Å². The van der Waals surface area contributed by atoms with Gasteiger partial charge >= 0.3 is 5.97 Å². The van der Waals surface area contributed by atoms with Crippen molar-refractivity contribution in [1.29, 1.82) is 0 Å². The van der Waals surface area contributed by atoms with Crippen molar-refractivity contribution in [3.63, 3.8) is 0 Å². The molecule has 1 atom stereocenters. The summed E-state index contributed by atoms with van der Waals surface area (Å²) in [6.07, 6.45) is -0.455. The molecule has 2 aromatic rings. The molecule has 0 aromatic heterocycles. The van der Waals surface area contributed by atoms with E-state index in [0.29, 0.717) is 34.4 Å². The van der Waals surface area contributed by atoms with Crippen LogP contribution < -0.4 is 19.5 Å². The van der Waals surface area contributed by atoms with Gasteiger partial charge in [0.15, 0.2) is 6.10 Å². The highest BCUT2D eigenvalue weighted by molar-refractivity contribution is 6.31. The number of rotatable bonds is 9. The zero-order valence-corrected chi connectivity index (χ0v) is 17.5. The number of anilines is 1. The zero-order valence-electron chi connectivity index (χ0n) is 16.8. The second-order valence-electron chi connectivity index (χ2n) is 6.19. The van der Waals surface area contributed by atoms with Crippen LogP contribution in [0.25, 0.3) is 0 Å². The van der Waals surface area contributed by atoms with Gasteiger partial charge in [-0.3, -0.25) is 9.59 Å². The molecule has 0 saturated carbocycles. The van der Waals surface area contributed by atoms with Crippen molar-refractivity contribution in [2.45, 2.75) is 25.9 Å². The van der Waals surface area contributed by atoms with E-state index in [1.807, 2.05) is 12.1 Å². The largest absolute Gasteiger partial charge is 0.497 e. The standard InChI is InChI=1S/C21H24ClNO6/c1-13(21(25)23-18-11-15(22)6-7-19(18)28-4)29-20(24)8-5-14-9-16(26-2)12-17(10-14)27-3/h6-7,9-13H,5,8H2,1-4H3,(H,23,25). The van der Waals surface area contributed by atoms with Crippen LogP contribution in [0.5, 0.6) is 17.2 Å². The molecular weight excluding hydrogens is 398 g/mol. The number of carbonyl (C=O) groups excluding carboxylic acids is 2. The molecule has 1 amide bonds. The Morgan fingerprint density at radius 3 is 2.24 bits per heavy atom. The lowest BCUT2D eigenvalue weighted by Gasteiger charge is -2.15. The van der Waals surface area contributed by atoms with E-state index in [0.717, 1.165) is 5.56 Å². The second kappa shape index (κ2) is 10.6. The second-order valence-corrected chi connectivity index (χ2v) is 6.62. The number of carbonyl (C=O) groups is 2. The van der Waals surface area contributed by atoms with Gasteiger partial charge in [0, 0.05) is 17.5 Å². The van der Waals surface area contributed by atoms with Gasteiger partial charge in [-0.15, -0.1) is 0 Å². The maximum absolute atomic E-state index is 12.3. The average molecular weight is 422 g/mol. The van der Waals surface area contributed by atoms with Crippen LogP contribution in [0.15, 0.2) is 36.4 Å². The highest BCUT2D eigenvalue weighted by Gasteiger charge is 2.19. The number of ether oxygens (including phenoxy) is 4. The maximum Gasteiger partial charge on any atom is 0.306 e. The monoisotopic (exact) mass is 421 g/mol. The fourth-order valence-corrected chi connectivity index (χ4v) is 2.75. The van der Waals surface area contributed by atoms with Crippen LogP contribution in [0.1, 0.15) is 18.9 Å². The van der Waals surface area contributed by atoms with Crippen LogP contribution in [0.4, 0.5) is 5.69 Å². The molecule has 8 heteroatoms. The van der Waals surface area contributed by atoms with Crippen molar-refractivity contribution >= 4 is 29.2 Å². The van der Waals surface area contributed by atoms with Crippen molar-refractivity contribution in [2.75, 3.05) is 26.6 Å². The first-order valence-corrected chi connectivity index (χ1v) is 9.30. The van der Waals surface area contributed by atoms with Crippen molar-refractivity contribution in [3.05, 3.63) is 47.0 Å². The molecule has 0 aliphatic heterocycles. The highest BCUT2D eigenvalue weighted by atomic mass is 35.5. The van der Waals surface area contributed by atoms with Gasteiger partial charge < -0.3 is 24.3 Å². The minimum atomic E-state index is -0.981. The zero-order chi connectivity index (χ0) is 21.4. The van der Waals surface area contributed by atoms with Crippen LogP contribution in [-0.2, 0) is 20.7 Å². The number of esters is 1. The molecule has 2 aromatic carbocycles. The van der Waals surface area contributed by atoms with Crippen molar-refractivity contribution in [2.24, 2.45) is 0 Å². The van der Waals surface area contributed by atoms with Gasteiger partial charge in [-0.25, -0.2) is 0 Å². The van der Waals surface area contributed by atoms with Crippen LogP contribution in [0.3, 0.4) is 0 Å². The van der Waals surface area contributed by atoms with Crippen LogP contribution >= 0.6 is 11.6 Å². The van der Waals surface area contributed by atoms with Crippen LogP contribution in [0.2, 0.25) is 5.02 Å². The summed E-state index contributed by atoms with van der Waals surface area (Å²) in [5.74, 6) is 0.745. The lowest BCUT2D eigenvalue weighted by atomic mass is 10.1. The number of hydrogen-bond acceptors (Lipinski definition) is 6. The van der Waals surface area contributed by atoms with E-state index >= 15 is 0 Å². The van der Waals surface area contributed by atoms with Crippen LogP contribution in [-0.4, -0.2) is 39.3 Å². The number of halogens is 1. The summed E-state index contributed by atoms with van der Waals surface area (Å²) < 4.78 is 20.9. The Kier molecular flexibility index (Phi) is 8.15. The molecule has 29 heavy (non-hydrogen) atoms. The fraction of sp³-hybridized carbons (Fsp3) is 0.333. The minimum Gasteiger partial charge on any atom is -0.497 e. The molecule has 1 N–H and O–H groups in total. The number of methoxy groups -OCH3 is 3. The quantitative estimate of drug-likeness (QED) is 0.619. The minimum absolute atomic E-state index is 0.106. The molecule has 0 aliphatic carbocycles. The molecule has 156 valence electrons. The molecule has 0 heterocycles. The molecule has 0 saturated heterocycles. The summed E-state index contributed by atoms with van der Waals surface area (Å²) >= 11 is 5.95. The Hall–Kier alpha value is -2.93. The van der Waals surface area contributed by atoms with E-state index in [9.17, 15) is 9.59 Å². The van der Waals surface area contributed by atoms with Crippen molar-refractivity contribution in [1.82, 2.24) is 0 Å². The number of hydrogen-bond donors (Lipinski definition) is 1. The summed E-state index contributed by atoms with van der Waals surface area (Å²) in [5.41, 5.74) is 1.26. The predicted molar refractivity (Wildman–Crippen MR) is 110 cm³/mol. The summed E-state index contributed by atoms with van der Waals surface area (Å²) in [7, 11) is 4.60. The number of amides is 1. The van der Waals surface area contributed by atoms with E-state index in [1.165, 1.54) is 14.0 Å². The van der Waals surface area contributed by atoms with Gasteiger partial charge in [0.05, 0.1) is 27.0 Å². The summed E-state index contributed by atoms with van der Waals surface area (Å²) in [6.45, 7) is 1.50. The summed E-state index contributed by atoms with van der Waals surface area (Å²) in [5, 5.41) is 3.10. The van der Waals surface area contributed by atoms with E-state index in [-0.39, 0.29) is 6.42 Å².